The second-order valence-corrected chi connectivity index (χ2v) is 13.8. The molecule has 4 heterocycles. The molecule has 59 heavy (non-hydrogen) atoms. The number of nitrogens with zero attached hydrogens (tertiary/aromatic N) is 2. The molecule has 9 N–H and O–H groups in total. The fraction of sp³-hybridized carbons (Fsp3) is 0.359. The van der Waals surface area contributed by atoms with Crippen molar-refractivity contribution in [2.45, 2.75) is 50.6 Å². The zero-order chi connectivity index (χ0) is 42.1. The number of piperidine rings is 1. The molecule has 4 aromatic rings. The minimum atomic E-state index is -1.29. The van der Waals surface area contributed by atoms with E-state index in [1.807, 2.05) is 0 Å². The molecule has 20 heteroatoms. The molecule has 310 valence electrons. The van der Waals surface area contributed by atoms with Gasteiger partial charge in [0.05, 0.1) is 42.9 Å². The first-order valence-electron chi connectivity index (χ1n) is 18.9. The zero-order valence-corrected chi connectivity index (χ0v) is 31.8. The summed E-state index contributed by atoms with van der Waals surface area (Å²) >= 11 is 0. The third kappa shape index (κ3) is 10.1. The predicted molar refractivity (Wildman–Crippen MR) is 209 cm³/mol. The number of carboxylic acids is 1. The Balaban J connectivity index is 0.830. The summed E-state index contributed by atoms with van der Waals surface area (Å²) in [4.78, 5) is 110. The van der Waals surface area contributed by atoms with Crippen LogP contribution < -0.4 is 32.6 Å². The molecule has 2 atom stereocenters. The summed E-state index contributed by atoms with van der Waals surface area (Å²) in [7, 11) is 0. The smallest absolute Gasteiger partial charge is 0.326 e. The lowest BCUT2D eigenvalue weighted by molar-refractivity contribution is -0.140. The molecule has 0 bridgehead atoms. The van der Waals surface area contributed by atoms with E-state index in [2.05, 4.69) is 36.2 Å². The number of aliphatic carboxylic acids is 1. The molecule has 2 aromatic carbocycles. The molecule has 2 aromatic heterocycles. The third-order valence-corrected chi connectivity index (χ3v) is 9.78. The normalized spacial score (nSPS) is 15.5. The Kier molecular flexibility index (Phi) is 13.4. The number of benzene rings is 2. The van der Waals surface area contributed by atoms with Crippen LogP contribution in [0.4, 0.5) is 11.6 Å². The van der Waals surface area contributed by atoms with Crippen LogP contribution in [0.25, 0.3) is 11.0 Å². The van der Waals surface area contributed by atoms with Gasteiger partial charge in [-0.25, -0.2) is 4.79 Å². The van der Waals surface area contributed by atoms with Crippen LogP contribution in [-0.2, 0) is 41.5 Å². The Morgan fingerprint density at radius 2 is 1.69 bits per heavy atom. The van der Waals surface area contributed by atoms with Crippen LogP contribution in [0, 0.1) is 0 Å². The van der Waals surface area contributed by atoms with E-state index in [1.54, 1.807) is 42.6 Å². The number of aryl methyl sites for hydroxylation is 2. The quantitative estimate of drug-likeness (QED) is 0.0438. The van der Waals surface area contributed by atoms with Crippen molar-refractivity contribution in [3.63, 3.8) is 0 Å². The Morgan fingerprint density at radius 3 is 2.42 bits per heavy atom. The Hall–Kier alpha value is -6.93. The van der Waals surface area contributed by atoms with Gasteiger partial charge in [-0.1, -0.05) is 18.2 Å². The number of carbonyl (C=O) groups excluding carboxylic acids is 6. The van der Waals surface area contributed by atoms with Gasteiger partial charge in [-0.3, -0.25) is 48.8 Å². The van der Waals surface area contributed by atoms with Crippen LogP contribution in [0.15, 0.2) is 53.5 Å². The van der Waals surface area contributed by atoms with Crippen molar-refractivity contribution in [2.24, 2.45) is 0 Å². The number of carbonyl (C=O) groups is 7. The maximum atomic E-state index is 13.2. The van der Waals surface area contributed by atoms with Crippen molar-refractivity contribution in [2.75, 3.05) is 50.6 Å². The van der Waals surface area contributed by atoms with Gasteiger partial charge in [-0.15, -0.1) is 0 Å². The number of hydrogen-bond acceptors (Lipinski definition) is 13. The molecule has 0 saturated carbocycles. The number of nitrogens with one attached hydrogen (secondary N) is 6. The number of nitrogens with two attached hydrogens (primary N) is 1. The highest BCUT2D eigenvalue weighted by molar-refractivity contribution is 6.25. The standard InChI is InChI=1S/C39H43N9O11/c40-39-46-32-30(35(53)47-39)23(20-43-32)9-6-21-4-7-22(8-5-21)33(51)44-26(38(56)57)10-12-28(49)42-15-17-59-19-18-58-16-14-41-25-3-1-2-24-31(25)37(55)48(36(24)54)27-11-13-29(50)45-34(27)52/h1-5,7-8,20,26-27,41H,6,9-19H2,(H,42,49)(H,44,51)(H,56,57)(H,45,50,52)(H4,40,43,46,47,53). The topological polar surface area (TPSA) is 297 Å². The summed E-state index contributed by atoms with van der Waals surface area (Å²) < 4.78 is 11.0. The van der Waals surface area contributed by atoms with Gasteiger partial charge in [-0.2, -0.15) is 4.98 Å². The predicted octanol–water partition coefficient (Wildman–Crippen LogP) is 0.245. The molecule has 0 radical (unpaired) electrons. The molecule has 1 saturated heterocycles. The first-order chi connectivity index (χ1) is 28.4. The minimum absolute atomic E-state index is 0.0184. The van der Waals surface area contributed by atoms with Crippen LogP contribution in [0.5, 0.6) is 0 Å². The summed E-state index contributed by atoms with van der Waals surface area (Å²) in [6.45, 7) is 1.32. The van der Waals surface area contributed by atoms with E-state index in [4.69, 9.17) is 15.2 Å². The molecular formula is C39H43N9O11. The highest BCUT2D eigenvalue weighted by atomic mass is 16.5. The first-order valence-corrected chi connectivity index (χ1v) is 18.9. The number of imide groups is 2. The molecule has 2 aliphatic rings. The van der Waals surface area contributed by atoms with Crippen molar-refractivity contribution in [3.8, 4) is 0 Å². The van der Waals surface area contributed by atoms with E-state index in [-0.39, 0.29) is 86.9 Å². The van der Waals surface area contributed by atoms with E-state index < -0.39 is 53.5 Å². The number of aromatic nitrogens is 3. The van der Waals surface area contributed by atoms with E-state index >= 15 is 0 Å². The molecule has 6 rings (SSSR count). The highest BCUT2D eigenvalue weighted by Gasteiger charge is 2.45. The fourth-order valence-electron chi connectivity index (χ4n) is 6.79. The Labute approximate surface area is 335 Å². The average Bonchev–Trinajstić information content (AvgIpc) is 3.73. The van der Waals surface area contributed by atoms with Gasteiger partial charge in [0.1, 0.15) is 17.7 Å². The number of aromatic amines is 2. The van der Waals surface area contributed by atoms with E-state index in [1.165, 1.54) is 6.07 Å². The number of anilines is 2. The summed E-state index contributed by atoms with van der Waals surface area (Å²) in [6.07, 6.45) is 2.60. The largest absolute Gasteiger partial charge is 0.480 e. The number of ether oxygens (including phenoxy) is 2. The van der Waals surface area contributed by atoms with Crippen molar-refractivity contribution < 1.29 is 48.1 Å². The van der Waals surface area contributed by atoms with E-state index in [0.29, 0.717) is 36.1 Å². The van der Waals surface area contributed by atoms with Crippen LogP contribution in [0.2, 0.25) is 0 Å². The SMILES string of the molecule is Nc1nc2[nH]cc(CCc3ccc(C(=O)NC(CCC(=O)NCCOCCOCCNc4cccc5c4C(=O)N(C4CCC(=O)NC4=O)C5=O)C(=O)O)cc3)c2c(=O)[nH]1. The molecule has 20 nitrogen and oxygen atoms in total. The lowest BCUT2D eigenvalue weighted by atomic mass is 10.0. The summed E-state index contributed by atoms with van der Waals surface area (Å²) in [6, 6.07) is 9.06. The molecule has 0 aliphatic carbocycles. The monoisotopic (exact) mass is 813 g/mol. The van der Waals surface area contributed by atoms with E-state index in [9.17, 15) is 43.5 Å². The van der Waals surface area contributed by atoms with Crippen molar-refractivity contribution in [1.82, 2.24) is 35.8 Å². The molecular weight excluding hydrogens is 770 g/mol. The van der Waals surface area contributed by atoms with Crippen molar-refractivity contribution in [3.05, 3.63) is 86.8 Å². The Morgan fingerprint density at radius 1 is 0.949 bits per heavy atom. The van der Waals surface area contributed by atoms with Gasteiger partial charge in [0.15, 0.2) is 0 Å². The first kappa shape index (κ1) is 41.7. The minimum Gasteiger partial charge on any atom is -0.480 e. The van der Waals surface area contributed by atoms with Gasteiger partial charge < -0.3 is 41.2 Å². The maximum absolute atomic E-state index is 13.2. The fourth-order valence-corrected chi connectivity index (χ4v) is 6.79. The molecule has 2 unspecified atom stereocenters. The van der Waals surface area contributed by atoms with Gasteiger partial charge >= 0.3 is 5.97 Å². The molecule has 0 spiro atoms. The van der Waals surface area contributed by atoms with Crippen LogP contribution in [0.3, 0.4) is 0 Å². The number of H-pyrrole nitrogens is 2. The number of rotatable bonds is 20. The van der Waals surface area contributed by atoms with Gasteiger partial charge in [0.2, 0.25) is 23.7 Å². The number of nitrogen functional groups attached to an aromatic ring is 1. The van der Waals surface area contributed by atoms with Gasteiger partial charge in [-0.05, 0) is 61.1 Å². The number of fused-ring (bicyclic) bond motifs is 2. The van der Waals surface area contributed by atoms with Crippen LogP contribution in [-0.4, -0.2) is 118 Å². The average molecular weight is 814 g/mol. The number of amides is 6. The van der Waals surface area contributed by atoms with Gasteiger partial charge in [0, 0.05) is 43.4 Å². The highest BCUT2D eigenvalue weighted by Crippen LogP contribution is 2.32. The second kappa shape index (κ2) is 19.0. The third-order valence-electron chi connectivity index (χ3n) is 9.78. The molecule has 2 aliphatic heterocycles. The lowest BCUT2D eigenvalue weighted by Gasteiger charge is -2.27. The summed E-state index contributed by atoms with van der Waals surface area (Å²) in [5.41, 5.74) is 8.30. The number of carboxylic acid groups (broad SMARTS) is 1. The molecule has 6 amide bonds. The zero-order valence-electron chi connectivity index (χ0n) is 31.8. The lowest BCUT2D eigenvalue weighted by Crippen LogP contribution is -2.54. The van der Waals surface area contributed by atoms with E-state index in [0.717, 1.165) is 16.0 Å². The van der Waals surface area contributed by atoms with Crippen LogP contribution >= 0.6 is 0 Å². The second-order valence-electron chi connectivity index (χ2n) is 13.8. The summed E-state index contributed by atoms with van der Waals surface area (Å²) in [5.74, 6) is -4.61. The summed E-state index contributed by atoms with van der Waals surface area (Å²) in [5, 5.41) is 20.5. The molecule has 1 fully saturated rings. The van der Waals surface area contributed by atoms with Crippen molar-refractivity contribution >= 4 is 64.1 Å². The maximum Gasteiger partial charge on any atom is 0.326 e. The Bertz CT molecular complexity index is 2320. The van der Waals surface area contributed by atoms with Crippen molar-refractivity contribution in [1.29, 1.82) is 0 Å². The number of hydrogen-bond donors (Lipinski definition) is 8. The van der Waals surface area contributed by atoms with Crippen LogP contribution in [0.1, 0.15) is 67.9 Å². The van der Waals surface area contributed by atoms with Gasteiger partial charge in [0.25, 0.3) is 23.3 Å².